The summed E-state index contributed by atoms with van der Waals surface area (Å²) in [7, 11) is 0. The third-order valence-electron chi connectivity index (χ3n) is 3.26. The van der Waals surface area contributed by atoms with Gasteiger partial charge in [0, 0.05) is 5.69 Å². The Morgan fingerprint density at radius 1 is 1.45 bits per heavy atom. The molecule has 1 unspecified atom stereocenters. The van der Waals surface area contributed by atoms with Crippen molar-refractivity contribution < 1.29 is 14.3 Å². The van der Waals surface area contributed by atoms with E-state index in [0.29, 0.717) is 17.0 Å². The zero-order chi connectivity index (χ0) is 16.2. The van der Waals surface area contributed by atoms with Crippen molar-refractivity contribution in [3.63, 3.8) is 0 Å². The highest BCUT2D eigenvalue weighted by Gasteiger charge is 2.26. The molecule has 1 atom stereocenters. The van der Waals surface area contributed by atoms with Gasteiger partial charge in [0.2, 0.25) is 0 Å². The lowest BCUT2D eigenvalue weighted by Gasteiger charge is -2.21. The van der Waals surface area contributed by atoms with E-state index in [0.717, 1.165) is 5.56 Å². The summed E-state index contributed by atoms with van der Waals surface area (Å²) in [6, 6.07) is 9.89. The van der Waals surface area contributed by atoms with Crippen LogP contribution in [-0.2, 0) is 5.60 Å². The molecule has 0 saturated carbocycles. The minimum absolute atomic E-state index is 0.0106. The summed E-state index contributed by atoms with van der Waals surface area (Å²) < 4.78 is 5.14. The van der Waals surface area contributed by atoms with Crippen molar-refractivity contribution in [3.8, 4) is 6.07 Å². The monoisotopic (exact) mass is 299 g/mol. The van der Waals surface area contributed by atoms with Crippen LogP contribution in [0.3, 0.4) is 0 Å². The summed E-state index contributed by atoms with van der Waals surface area (Å²) in [5.74, 6) is 0.371. The Labute approximate surface area is 128 Å². The highest BCUT2D eigenvalue weighted by atomic mass is 16.4. The number of nitrogens with one attached hydrogen (secondary N) is 2. The number of urea groups is 1. The number of anilines is 1. The molecule has 6 heteroatoms. The predicted molar refractivity (Wildman–Crippen MR) is 81.2 cm³/mol. The molecule has 0 radical (unpaired) electrons. The van der Waals surface area contributed by atoms with Gasteiger partial charge in [-0.2, -0.15) is 5.26 Å². The number of carbonyl (C=O) groups excluding carboxylic acids is 1. The Kier molecular flexibility index (Phi) is 4.49. The lowest BCUT2D eigenvalue weighted by atomic mass is 10.0. The SMILES string of the molecule is Cc1ccc(C#N)cc1NC(=O)NCC(C)(O)c1ccco1. The number of furan rings is 1. The number of benzene rings is 1. The molecule has 0 aliphatic rings. The van der Waals surface area contributed by atoms with Crippen LogP contribution >= 0.6 is 0 Å². The van der Waals surface area contributed by atoms with Crippen LogP contribution in [0.25, 0.3) is 0 Å². The number of nitriles is 1. The van der Waals surface area contributed by atoms with Gasteiger partial charge in [-0.25, -0.2) is 4.79 Å². The molecule has 2 amide bonds. The maximum atomic E-state index is 11.9. The van der Waals surface area contributed by atoms with Gasteiger partial charge in [-0.1, -0.05) is 6.07 Å². The van der Waals surface area contributed by atoms with Gasteiger partial charge in [-0.15, -0.1) is 0 Å². The van der Waals surface area contributed by atoms with Crippen LogP contribution in [0.1, 0.15) is 23.8 Å². The van der Waals surface area contributed by atoms with E-state index in [9.17, 15) is 9.90 Å². The zero-order valence-electron chi connectivity index (χ0n) is 12.4. The molecule has 0 bridgehead atoms. The fraction of sp³-hybridized carbons (Fsp3) is 0.250. The number of aliphatic hydroxyl groups is 1. The lowest BCUT2D eigenvalue weighted by Crippen LogP contribution is -2.40. The van der Waals surface area contributed by atoms with Gasteiger partial charge in [0.15, 0.2) is 0 Å². The number of hydrogen-bond acceptors (Lipinski definition) is 4. The van der Waals surface area contributed by atoms with Crippen molar-refractivity contribution in [2.75, 3.05) is 11.9 Å². The average molecular weight is 299 g/mol. The summed E-state index contributed by atoms with van der Waals surface area (Å²) in [6.07, 6.45) is 1.46. The molecule has 0 fully saturated rings. The molecular weight excluding hydrogens is 282 g/mol. The van der Waals surface area contributed by atoms with Gasteiger partial charge in [0.1, 0.15) is 11.4 Å². The Morgan fingerprint density at radius 2 is 2.23 bits per heavy atom. The molecule has 1 heterocycles. The summed E-state index contributed by atoms with van der Waals surface area (Å²) in [5.41, 5.74) is 0.550. The Balaban J connectivity index is 1.98. The van der Waals surface area contributed by atoms with Crippen LogP contribution in [-0.4, -0.2) is 17.7 Å². The first-order valence-electron chi connectivity index (χ1n) is 6.74. The van der Waals surface area contributed by atoms with Crippen LogP contribution in [0.5, 0.6) is 0 Å². The highest BCUT2D eigenvalue weighted by molar-refractivity contribution is 5.90. The molecule has 2 aromatic rings. The second kappa shape index (κ2) is 6.33. The molecular formula is C16H17N3O3. The van der Waals surface area contributed by atoms with Gasteiger partial charge in [0.05, 0.1) is 24.4 Å². The average Bonchev–Trinajstić information content (AvgIpc) is 3.03. The van der Waals surface area contributed by atoms with E-state index < -0.39 is 11.6 Å². The van der Waals surface area contributed by atoms with E-state index >= 15 is 0 Å². The van der Waals surface area contributed by atoms with Gasteiger partial charge in [0.25, 0.3) is 0 Å². The number of amides is 2. The highest BCUT2D eigenvalue weighted by Crippen LogP contribution is 2.20. The molecule has 114 valence electrons. The molecule has 0 spiro atoms. The molecule has 6 nitrogen and oxygen atoms in total. The standard InChI is InChI=1S/C16H17N3O3/c1-11-5-6-12(9-17)8-13(11)19-15(20)18-10-16(2,21)14-4-3-7-22-14/h3-8,21H,10H2,1-2H3,(H2,18,19,20). The van der Waals surface area contributed by atoms with Crippen LogP contribution < -0.4 is 10.6 Å². The molecule has 3 N–H and O–H groups in total. The van der Waals surface area contributed by atoms with Gasteiger partial charge in [-0.05, 0) is 43.7 Å². The fourth-order valence-electron chi connectivity index (χ4n) is 1.92. The Morgan fingerprint density at radius 3 is 2.86 bits per heavy atom. The van der Waals surface area contributed by atoms with E-state index in [-0.39, 0.29) is 6.54 Å². The summed E-state index contributed by atoms with van der Waals surface area (Å²) in [5, 5.41) is 24.4. The quantitative estimate of drug-likeness (QED) is 0.807. The first kappa shape index (κ1) is 15.6. The second-order valence-corrected chi connectivity index (χ2v) is 5.20. The second-order valence-electron chi connectivity index (χ2n) is 5.20. The Hall–Kier alpha value is -2.78. The van der Waals surface area contributed by atoms with E-state index in [1.54, 1.807) is 37.3 Å². The fourth-order valence-corrected chi connectivity index (χ4v) is 1.92. The van der Waals surface area contributed by atoms with Crippen molar-refractivity contribution >= 4 is 11.7 Å². The minimum atomic E-state index is -1.30. The van der Waals surface area contributed by atoms with Gasteiger partial charge < -0.3 is 20.2 Å². The molecule has 2 rings (SSSR count). The molecule has 0 aliphatic carbocycles. The number of aryl methyl sites for hydroxylation is 1. The van der Waals surface area contributed by atoms with Crippen LogP contribution in [0.15, 0.2) is 41.0 Å². The number of hydrogen-bond donors (Lipinski definition) is 3. The van der Waals surface area contributed by atoms with Crippen LogP contribution in [0.4, 0.5) is 10.5 Å². The minimum Gasteiger partial charge on any atom is -0.466 e. The topological polar surface area (TPSA) is 98.3 Å². The normalized spacial score (nSPS) is 13.0. The van der Waals surface area contributed by atoms with Crippen LogP contribution in [0, 0.1) is 18.3 Å². The molecule has 1 aromatic carbocycles. The third kappa shape index (κ3) is 3.65. The van der Waals surface area contributed by atoms with E-state index in [1.807, 2.05) is 13.0 Å². The lowest BCUT2D eigenvalue weighted by molar-refractivity contribution is 0.0372. The van der Waals surface area contributed by atoms with Crippen LogP contribution in [0.2, 0.25) is 0 Å². The van der Waals surface area contributed by atoms with Crippen molar-refractivity contribution in [3.05, 3.63) is 53.5 Å². The summed E-state index contributed by atoms with van der Waals surface area (Å²) in [4.78, 5) is 11.9. The Bertz CT molecular complexity index is 700. The van der Waals surface area contributed by atoms with Crippen molar-refractivity contribution in [2.45, 2.75) is 19.4 Å². The number of carbonyl (C=O) groups is 1. The maximum absolute atomic E-state index is 11.9. The summed E-state index contributed by atoms with van der Waals surface area (Å²) >= 11 is 0. The predicted octanol–water partition coefficient (Wildman–Crippen LogP) is 2.49. The first-order valence-corrected chi connectivity index (χ1v) is 6.74. The van der Waals surface area contributed by atoms with E-state index in [4.69, 9.17) is 9.68 Å². The van der Waals surface area contributed by atoms with Gasteiger partial charge in [-0.3, -0.25) is 0 Å². The van der Waals surface area contributed by atoms with Crippen molar-refractivity contribution in [2.24, 2.45) is 0 Å². The smallest absolute Gasteiger partial charge is 0.319 e. The largest absolute Gasteiger partial charge is 0.466 e. The molecule has 0 aliphatic heterocycles. The number of rotatable bonds is 4. The number of nitrogens with zero attached hydrogens (tertiary/aromatic N) is 1. The first-order chi connectivity index (χ1) is 10.4. The molecule has 0 saturated heterocycles. The van der Waals surface area contributed by atoms with Gasteiger partial charge >= 0.3 is 6.03 Å². The molecule has 1 aromatic heterocycles. The third-order valence-corrected chi connectivity index (χ3v) is 3.26. The van der Waals surface area contributed by atoms with Crippen molar-refractivity contribution in [1.29, 1.82) is 5.26 Å². The molecule has 22 heavy (non-hydrogen) atoms. The van der Waals surface area contributed by atoms with E-state index in [2.05, 4.69) is 10.6 Å². The van der Waals surface area contributed by atoms with Crippen molar-refractivity contribution in [1.82, 2.24) is 5.32 Å². The maximum Gasteiger partial charge on any atom is 0.319 e. The van der Waals surface area contributed by atoms with E-state index in [1.165, 1.54) is 6.26 Å². The zero-order valence-corrected chi connectivity index (χ0v) is 12.4. The summed E-state index contributed by atoms with van der Waals surface area (Å²) in [6.45, 7) is 3.37.